The fourth-order valence-corrected chi connectivity index (χ4v) is 4.32. The highest BCUT2D eigenvalue weighted by Crippen LogP contribution is 2.32. The van der Waals surface area contributed by atoms with Gasteiger partial charge in [-0.3, -0.25) is 4.79 Å². The third-order valence-electron chi connectivity index (χ3n) is 5.11. The summed E-state index contributed by atoms with van der Waals surface area (Å²) in [6, 6.07) is 2.80. The first-order valence-electron chi connectivity index (χ1n) is 10.4. The van der Waals surface area contributed by atoms with Crippen LogP contribution in [0.2, 0.25) is 0 Å². The van der Waals surface area contributed by atoms with Crippen LogP contribution in [0.15, 0.2) is 29.7 Å². The number of aliphatic hydroxyl groups is 1. The zero-order valence-corrected chi connectivity index (χ0v) is 18.8. The first-order valence-corrected chi connectivity index (χ1v) is 11.2. The first kappa shape index (κ1) is 25.4. The van der Waals surface area contributed by atoms with Crippen LogP contribution in [0.1, 0.15) is 29.8 Å². The number of likely N-dealkylation sites (tertiary alicyclic amines) is 1. The van der Waals surface area contributed by atoms with E-state index in [9.17, 15) is 27.5 Å². The van der Waals surface area contributed by atoms with E-state index >= 15 is 0 Å². The largest absolute Gasteiger partial charge is 0.393 e. The van der Waals surface area contributed by atoms with E-state index in [2.05, 4.69) is 15.6 Å². The molecule has 1 aliphatic heterocycles. The van der Waals surface area contributed by atoms with E-state index in [0.29, 0.717) is 32.4 Å². The van der Waals surface area contributed by atoms with Gasteiger partial charge in [0.05, 0.1) is 18.3 Å². The standard InChI is InChI=1S/C21H24F4N6O2S/c22-11-3-4-14(23)13(8-11)21-30-17(18(27)34-21)20(33)29-15(9-26)19(28-10-16(24)25)31-6-1-2-12(32)5-7-31/h3-4,8-9,12,16,26,28,32H,1-2,5-7,10,27H2,(H,29,33)/b19-15-,26-9?. The van der Waals surface area contributed by atoms with Gasteiger partial charge < -0.3 is 31.8 Å². The number of nitrogens with two attached hydrogens (primary N) is 1. The van der Waals surface area contributed by atoms with Gasteiger partial charge in [0, 0.05) is 24.9 Å². The number of aromatic nitrogens is 1. The Morgan fingerprint density at radius 1 is 1.35 bits per heavy atom. The molecule has 6 N–H and O–H groups in total. The number of carbonyl (C=O) groups is 1. The number of halogens is 4. The van der Waals surface area contributed by atoms with E-state index in [1.807, 2.05) is 0 Å². The number of hydrogen-bond acceptors (Lipinski definition) is 8. The molecule has 0 radical (unpaired) electrons. The Hall–Kier alpha value is -3.19. The molecule has 2 heterocycles. The molecule has 8 nitrogen and oxygen atoms in total. The lowest BCUT2D eigenvalue weighted by atomic mass is 10.2. The molecule has 0 spiro atoms. The van der Waals surface area contributed by atoms with Gasteiger partial charge in [-0.25, -0.2) is 22.5 Å². The second-order valence-corrected chi connectivity index (χ2v) is 8.59. The minimum atomic E-state index is -2.69. The summed E-state index contributed by atoms with van der Waals surface area (Å²) >= 11 is 0.780. The molecule has 1 aromatic carbocycles. The van der Waals surface area contributed by atoms with Gasteiger partial charge in [0.1, 0.15) is 27.5 Å². The van der Waals surface area contributed by atoms with Crippen LogP contribution in [0, 0.1) is 17.0 Å². The number of rotatable bonds is 8. The van der Waals surface area contributed by atoms with Gasteiger partial charge >= 0.3 is 0 Å². The van der Waals surface area contributed by atoms with E-state index in [1.54, 1.807) is 4.90 Å². The quantitative estimate of drug-likeness (QED) is 0.280. The monoisotopic (exact) mass is 500 g/mol. The number of alkyl halides is 2. The average Bonchev–Trinajstić information content (AvgIpc) is 3.05. The van der Waals surface area contributed by atoms with Crippen LogP contribution in [-0.4, -0.2) is 59.3 Å². The number of nitrogens with one attached hydrogen (secondary N) is 3. The molecule has 3 rings (SSSR count). The van der Waals surface area contributed by atoms with Crippen LogP contribution in [0.5, 0.6) is 0 Å². The number of thiazole rings is 1. The number of anilines is 1. The van der Waals surface area contributed by atoms with E-state index < -0.39 is 36.6 Å². The summed E-state index contributed by atoms with van der Waals surface area (Å²) in [6.07, 6.45) is -0.908. The molecule has 1 fully saturated rings. The Labute approximate surface area is 197 Å². The van der Waals surface area contributed by atoms with E-state index in [1.165, 1.54) is 0 Å². The normalized spacial score (nSPS) is 17.2. The average molecular weight is 501 g/mol. The molecule has 34 heavy (non-hydrogen) atoms. The van der Waals surface area contributed by atoms with E-state index in [4.69, 9.17) is 11.1 Å². The van der Waals surface area contributed by atoms with Gasteiger partial charge in [-0.15, -0.1) is 0 Å². The summed E-state index contributed by atoms with van der Waals surface area (Å²) in [6.45, 7) is 0.0168. The predicted octanol–water partition coefficient (Wildman–Crippen LogP) is 2.92. The van der Waals surface area contributed by atoms with Crippen LogP contribution in [-0.2, 0) is 0 Å². The van der Waals surface area contributed by atoms with Gasteiger partial charge in [0.25, 0.3) is 12.3 Å². The Balaban J connectivity index is 1.90. The summed E-state index contributed by atoms with van der Waals surface area (Å²) in [5, 5.41) is 22.6. The van der Waals surface area contributed by atoms with E-state index in [-0.39, 0.29) is 32.8 Å². The second kappa shape index (κ2) is 11.3. The smallest absolute Gasteiger partial charge is 0.277 e. The minimum absolute atomic E-state index is 0.0161. The number of nitrogen functional groups attached to an aromatic ring is 1. The topological polar surface area (TPSA) is 127 Å². The molecule has 1 saturated heterocycles. The Morgan fingerprint density at radius 3 is 2.82 bits per heavy atom. The lowest BCUT2D eigenvalue weighted by Gasteiger charge is -2.28. The molecule has 184 valence electrons. The molecule has 1 unspecified atom stereocenters. The van der Waals surface area contributed by atoms with Gasteiger partial charge in [0.15, 0.2) is 5.69 Å². The van der Waals surface area contributed by atoms with Gasteiger partial charge in [-0.1, -0.05) is 11.3 Å². The van der Waals surface area contributed by atoms with Crippen molar-refractivity contribution in [3.63, 3.8) is 0 Å². The van der Waals surface area contributed by atoms with Crippen molar-refractivity contribution in [3.8, 4) is 10.6 Å². The maximum atomic E-state index is 14.1. The van der Waals surface area contributed by atoms with Crippen LogP contribution < -0.4 is 16.4 Å². The third kappa shape index (κ3) is 6.23. The fraction of sp³-hybridized carbons (Fsp3) is 0.381. The summed E-state index contributed by atoms with van der Waals surface area (Å²) in [5.41, 5.74) is 5.35. The number of aliphatic hydroxyl groups excluding tert-OH is 1. The molecule has 0 saturated carbocycles. The van der Waals surface area contributed by atoms with Gasteiger partial charge in [0.2, 0.25) is 0 Å². The molecular weight excluding hydrogens is 476 g/mol. The molecule has 1 aliphatic rings. The Bertz CT molecular complexity index is 1080. The maximum absolute atomic E-state index is 14.1. The zero-order valence-electron chi connectivity index (χ0n) is 18.0. The highest BCUT2D eigenvalue weighted by molar-refractivity contribution is 7.19. The lowest BCUT2D eigenvalue weighted by Crippen LogP contribution is -2.40. The molecule has 1 atom stereocenters. The van der Waals surface area contributed by atoms with Crippen LogP contribution in [0.4, 0.5) is 22.6 Å². The summed E-state index contributed by atoms with van der Waals surface area (Å²) in [7, 11) is 0. The van der Waals surface area contributed by atoms with Crippen molar-refractivity contribution in [2.24, 2.45) is 0 Å². The third-order valence-corrected chi connectivity index (χ3v) is 6.03. The molecule has 0 aliphatic carbocycles. The summed E-state index contributed by atoms with van der Waals surface area (Å²) < 4.78 is 53.5. The Kier molecular flexibility index (Phi) is 8.45. The number of carbonyl (C=O) groups excluding carboxylic acids is 1. The van der Waals surface area contributed by atoms with Gasteiger partial charge in [-0.2, -0.15) is 0 Å². The molecule has 13 heteroatoms. The predicted molar refractivity (Wildman–Crippen MR) is 121 cm³/mol. The van der Waals surface area contributed by atoms with E-state index in [0.717, 1.165) is 35.8 Å². The number of nitrogens with zero attached hydrogens (tertiary/aromatic N) is 2. The number of benzene rings is 1. The molecule has 0 bridgehead atoms. The van der Waals surface area contributed by atoms with Crippen molar-refractivity contribution in [2.75, 3.05) is 25.4 Å². The number of amides is 1. The minimum Gasteiger partial charge on any atom is -0.393 e. The maximum Gasteiger partial charge on any atom is 0.277 e. The number of hydrogen-bond donors (Lipinski definition) is 5. The van der Waals surface area contributed by atoms with Crippen molar-refractivity contribution >= 4 is 28.5 Å². The zero-order chi connectivity index (χ0) is 24.8. The summed E-state index contributed by atoms with van der Waals surface area (Å²) in [4.78, 5) is 18.6. The van der Waals surface area contributed by atoms with Crippen LogP contribution >= 0.6 is 11.3 Å². The summed E-state index contributed by atoms with van der Waals surface area (Å²) in [5.74, 6) is -2.18. The highest BCUT2D eigenvalue weighted by atomic mass is 32.1. The molecule has 1 aromatic heterocycles. The molecule has 2 aromatic rings. The molecule has 1 amide bonds. The molecular formula is C21H24F4N6O2S. The van der Waals surface area contributed by atoms with Crippen molar-refractivity contribution in [2.45, 2.75) is 31.8 Å². The van der Waals surface area contributed by atoms with Crippen LogP contribution in [0.3, 0.4) is 0 Å². The van der Waals surface area contributed by atoms with Crippen LogP contribution in [0.25, 0.3) is 10.6 Å². The highest BCUT2D eigenvalue weighted by Gasteiger charge is 2.24. The van der Waals surface area contributed by atoms with Crippen molar-refractivity contribution in [1.29, 1.82) is 5.41 Å². The SMILES string of the molecule is N=C/C(NC(=O)c1nc(-c2cc(F)ccc2F)sc1N)=C(\NCC(F)F)N1CCCC(O)CC1. The fourth-order valence-electron chi connectivity index (χ4n) is 3.47. The van der Waals surface area contributed by atoms with Crippen molar-refractivity contribution in [1.82, 2.24) is 20.5 Å². The number of allylic oxidation sites excluding steroid dienone is 1. The second-order valence-electron chi connectivity index (χ2n) is 7.56. The van der Waals surface area contributed by atoms with Crippen molar-refractivity contribution < 1.29 is 27.5 Å². The Morgan fingerprint density at radius 2 is 2.12 bits per heavy atom. The van der Waals surface area contributed by atoms with Gasteiger partial charge in [-0.05, 0) is 37.5 Å². The van der Waals surface area contributed by atoms with Crippen molar-refractivity contribution in [3.05, 3.63) is 47.0 Å². The first-order chi connectivity index (χ1) is 16.2. The lowest BCUT2D eigenvalue weighted by molar-refractivity contribution is 0.0962.